The van der Waals surface area contributed by atoms with Gasteiger partial charge in [0.25, 0.3) is 5.69 Å². The maximum absolute atomic E-state index is 10.6. The normalized spacial score (nSPS) is 11.0. The van der Waals surface area contributed by atoms with Crippen molar-refractivity contribution in [3.63, 3.8) is 0 Å². The number of hydrogen-bond acceptors (Lipinski definition) is 4. The van der Waals surface area contributed by atoms with E-state index in [9.17, 15) is 10.1 Å². The van der Waals surface area contributed by atoms with Crippen molar-refractivity contribution >= 4 is 28.5 Å². The van der Waals surface area contributed by atoms with Crippen LogP contribution in [0.15, 0.2) is 59.8 Å². The highest BCUT2D eigenvalue weighted by molar-refractivity contribution is 5.99. The highest BCUT2D eigenvalue weighted by atomic mass is 16.6. The summed E-state index contributed by atoms with van der Waals surface area (Å²) in [7, 11) is 0. The Hall–Kier alpha value is -3.15. The molecule has 2 N–H and O–H groups in total. The zero-order chi connectivity index (χ0) is 14.7. The van der Waals surface area contributed by atoms with Crippen LogP contribution in [-0.4, -0.2) is 16.1 Å². The molecule has 6 heteroatoms. The third-order valence-corrected chi connectivity index (χ3v) is 3.10. The van der Waals surface area contributed by atoms with Gasteiger partial charge in [-0.2, -0.15) is 5.10 Å². The number of aromatic nitrogens is 1. The van der Waals surface area contributed by atoms with E-state index in [4.69, 9.17) is 0 Å². The summed E-state index contributed by atoms with van der Waals surface area (Å²) in [5.41, 5.74) is 5.62. The first-order chi connectivity index (χ1) is 10.2. The number of anilines is 1. The number of hydrogen-bond donors (Lipinski definition) is 2. The van der Waals surface area contributed by atoms with Crippen LogP contribution < -0.4 is 5.43 Å². The number of H-pyrrole nitrogens is 1. The van der Waals surface area contributed by atoms with Crippen molar-refractivity contribution in [2.45, 2.75) is 0 Å². The zero-order valence-corrected chi connectivity index (χ0v) is 11.0. The third kappa shape index (κ3) is 2.74. The predicted octanol–water partition coefficient (Wildman–Crippen LogP) is 3.52. The number of fused-ring (bicyclic) bond motifs is 1. The summed E-state index contributed by atoms with van der Waals surface area (Å²) in [6.07, 6.45) is 3.59. The number of nitro groups is 1. The fraction of sp³-hybridized carbons (Fsp3) is 0. The molecule has 1 aromatic heterocycles. The molecular weight excluding hydrogens is 268 g/mol. The van der Waals surface area contributed by atoms with Gasteiger partial charge in [0.2, 0.25) is 0 Å². The van der Waals surface area contributed by atoms with Crippen LogP contribution >= 0.6 is 0 Å². The van der Waals surface area contributed by atoms with E-state index >= 15 is 0 Å². The molecule has 0 fully saturated rings. The van der Waals surface area contributed by atoms with E-state index in [1.807, 2.05) is 30.5 Å². The smallest absolute Gasteiger partial charge is 0.269 e. The Bertz CT molecular complexity index is 806. The highest BCUT2D eigenvalue weighted by Gasteiger charge is 2.03. The molecule has 0 spiro atoms. The number of para-hydroxylation sites is 1. The van der Waals surface area contributed by atoms with Crippen LogP contribution in [0.2, 0.25) is 0 Å². The lowest BCUT2D eigenvalue weighted by Crippen LogP contribution is -1.91. The lowest BCUT2D eigenvalue weighted by molar-refractivity contribution is -0.384. The number of benzene rings is 2. The highest BCUT2D eigenvalue weighted by Crippen LogP contribution is 2.17. The van der Waals surface area contributed by atoms with Gasteiger partial charge in [-0.1, -0.05) is 18.2 Å². The molecule has 21 heavy (non-hydrogen) atoms. The van der Waals surface area contributed by atoms with Crippen LogP contribution in [0.25, 0.3) is 10.9 Å². The van der Waals surface area contributed by atoms with E-state index in [2.05, 4.69) is 15.5 Å². The lowest BCUT2D eigenvalue weighted by atomic mass is 10.2. The molecule has 2 aromatic carbocycles. The molecule has 1 heterocycles. The molecule has 0 aliphatic heterocycles. The Morgan fingerprint density at radius 2 is 1.90 bits per heavy atom. The van der Waals surface area contributed by atoms with Crippen molar-refractivity contribution in [2.75, 3.05) is 5.43 Å². The molecule has 104 valence electrons. The van der Waals surface area contributed by atoms with Gasteiger partial charge in [-0.05, 0) is 18.2 Å². The molecule has 0 saturated carbocycles. The monoisotopic (exact) mass is 280 g/mol. The van der Waals surface area contributed by atoms with Gasteiger partial charge < -0.3 is 4.98 Å². The zero-order valence-electron chi connectivity index (χ0n) is 11.0. The quantitative estimate of drug-likeness (QED) is 0.435. The maximum atomic E-state index is 10.6. The van der Waals surface area contributed by atoms with Crippen LogP contribution in [0.5, 0.6) is 0 Å². The van der Waals surface area contributed by atoms with Gasteiger partial charge in [-0.3, -0.25) is 15.5 Å². The van der Waals surface area contributed by atoms with Gasteiger partial charge in [0.15, 0.2) is 0 Å². The number of non-ortho nitro benzene ring substituents is 1. The van der Waals surface area contributed by atoms with Crippen molar-refractivity contribution in [1.29, 1.82) is 0 Å². The Labute approximate surface area is 120 Å². The summed E-state index contributed by atoms with van der Waals surface area (Å²) in [6.45, 7) is 0. The lowest BCUT2D eigenvalue weighted by Gasteiger charge is -1.99. The Balaban J connectivity index is 1.73. The molecule has 6 nitrogen and oxygen atoms in total. The second-order valence-corrected chi connectivity index (χ2v) is 4.46. The van der Waals surface area contributed by atoms with Gasteiger partial charge in [0, 0.05) is 34.8 Å². The molecular formula is C15H12N4O2. The maximum Gasteiger partial charge on any atom is 0.269 e. The standard InChI is InChI=1S/C15H12N4O2/c20-19(21)13-7-5-12(6-8-13)18-17-10-11-9-16-15-4-2-1-3-14(11)15/h1-10,16,18H/b17-10-. The minimum absolute atomic E-state index is 0.0566. The van der Waals surface area contributed by atoms with Gasteiger partial charge in [0.1, 0.15) is 0 Å². The van der Waals surface area contributed by atoms with Gasteiger partial charge >= 0.3 is 0 Å². The number of nitrogens with one attached hydrogen (secondary N) is 2. The average molecular weight is 280 g/mol. The minimum atomic E-state index is -0.432. The molecule has 0 atom stereocenters. The topological polar surface area (TPSA) is 83.3 Å². The first-order valence-electron chi connectivity index (χ1n) is 6.34. The van der Waals surface area contributed by atoms with Crippen LogP contribution in [0.3, 0.4) is 0 Å². The molecule has 0 unspecified atom stereocenters. The fourth-order valence-corrected chi connectivity index (χ4v) is 2.03. The number of aromatic amines is 1. The number of nitro benzene ring substituents is 1. The van der Waals surface area contributed by atoms with Gasteiger partial charge in [-0.15, -0.1) is 0 Å². The first-order valence-corrected chi connectivity index (χ1v) is 6.34. The minimum Gasteiger partial charge on any atom is -0.361 e. The number of hydrazone groups is 1. The SMILES string of the molecule is O=[N+]([O-])c1ccc(N/N=C\c2c[nH]c3ccccc23)cc1. The van der Waals surface area contributed by atoms with E-state index < -0.39 is 4.92 Å². The third-order valence-electron chi connectivity index (χ3n) is 3.10. The molecule has 0 saturated heterocycles. The van der Waals surface area contributed by atoms with E-state index in [0.29, 0.717) is 5.69 Å². The Morgan fingerprint density at radius 1 is 1.14 bits per heavy atom. The van der Waals surface area contributed by atoms with Crippen LogP contribution in [-0.2, 0) is 0 Å². The van der Waals surface area contributed by atoms with Crippen molar-refractivity contribution < 1.29 is 4.92 Å². The first kappa shape index (κ1) is 12.9. The summed E-state index contributed by atoms with van der Waals surface area (Å²) in [6, 6.07) is 14.0. The molecule has 0 radical (unpaired) electrons. The summed E-state index contributed by atoms with van der Waals surface area (Å²) in [5, 5.41) is 15.8. The second-order valence-electron chi connectivity index (χ2n) is 4.46. The van der Waals surface area contributed by atoms with Crippen molar-refractivity contribution in [2.24, 2.45) is 5.10 Å². The molecule has 0 amide bonds. The van der Waals surface area contributed by atoms with Crippen LogP contribution in [0, 0.1) is 10.1 Å². The van der Waals surface area contributed by atoms with E-state index in [0.717, 1.165) is 16.5 Å². The van der Waals surface area contributed by atoms with Gasteiger partial charge in [0.05, 0.1) is 16.8 Å². The predicted molar refractivity (Wildman–Crippen MR) is 82.6 cm³/mol. The van der Waals surface area contributed by atoms with E-state index in [-0.39, 0.29) is 5.69 Å². The number of nitrogens with zero attached hydrogens (tertiary/aromatic N) is 2. The summed E-state index contributed by atoms with van der Waals surface area (Å²) in [4.78, 5) is 13.3. The van der Waals surface area contributed by atoms with Gasteiger partial charge in [-0.25, -0.2) is 0 Å². The summed E-state index contributed by atoms with van der Waals surface area (Å²) in [5.74, 6) is 0. The average Bonchev–Trinajstić information content (AvgIpc) is 2.91. The molecule has 0 bridgehead atoms. The van der Waals surface area contributed by atoms with E-state index in [1.165, 1.54) is 12.1 Å². The van der Waals surface area contributed by atoms with Crippen molar-refractivity contribution in [3.8, 4) is 0 Å². The second kappa shape index (κ2) is 5.46. The van der Waals surface area contributed by atoms with Crippen molar-refractivity contribution in [1.82, 2.24) is 4.98 Å². The molecule has 0 aliphatic rings. The largest absolute Gasteiger partial charge is 0.361 e. The summed E-state index contributed by atoms with van der Waals surface area (Å²) >= 11 is 0. The fourth-order valence-electron chi connectivity index (χ4n) is 2.03. The molecule has 0 aliphatic carbocycles. The van der Waals surface area contributed by atoms with Crippen molar-refractivity contribution in [3.05, 3.63) is 70.4 Å². The Morgan fingerprint density at radius 3 is 2.67 bits per heavy atom. The Kier molecular flexibility index (Phi) is 3.34. The number of rotatable bonds is 4. The van der Waals surface area contributed by atoms with Crippen LogP contribution in [0.4, 0.5) is 11.4 Å². The molecule has 3 aromatic rings. The van der Waals surface area contributed by atoms with E-state index in [1.54, 1.807) is 18.3 Å². The molecule has 3 rings (SSSR count). The summed E-state index contributed by atoms with van der Waals surface area (Å²) < 4.78 is 0. The van der Waals surface area contributed by atoms with Crippen LogP contribution in [0.1, 0.15) is 5.56 Å².